The fraction of sp³-hybridized carbons (Fsp3) is 0.273. The highest BCUT2D eigenvalue weighted by Crippen LogP contribution is 2.35. The number of nitrogens with zero attached hydrogens (tertiary/aromatic N) is 6. The number of rotatable bonds is 5. The predicted molar refractivity (Wildman–Crippen MR) is 131 cm³/mol. The molecule has 35 heavy (non-hydrogen) atoms. The third-order valence-electron chi connectivity index (χ3n) is 5.94. The Labute approximate surface area is 213 Å². The summed E-state index contributed by atoms with van der Waals surface area (Å²) in [6.07, 6.45) is 2.67. The minimum Gasteiger partial charge on any atom is -0.358 e. The van der Waals surface area contributed by atoms with Crippen molar-refractivity contribution in [1.82, 2.24) is 24.8 Å². The zero-order chi connectivity index (χ0) is 24.7. The van der Waals surface area contributed by atoms with E-state index in [0.717, 1.165) is 15.3 Å². The van der Waals surface area contributed by atoms with Crippen LogP contribution in [-0.4, -0.2) is 48.7 Å². The van der Waals surface area contributed by atoms with Gasteiger partial charge < -0.3 is 19.5 Å². The number of hydrogen-bond acceptors (Lipinski definition) is 8. The number of amides is 1. The molecule has 3 aromatic heterocycles. The van der Waals surface area contributed by atoms with Gasteiger partial charge in [-0.05, 0) is 29.9 Å². The molecule has 0 radical (unpaired) electrons. The van der Waals surface area contributed by atoms with Crippen LogP contribution in [0.2, 0.25) is 10.0 Å². The Bertz CT molecular complexity index is 1420. The first-order valence-corrected chi connectivity index (χ1v) is 12.3. The van der Waals surface area contributed by atoms with E-state index in [1.807, 2.05) is 11.4 Å². The van der Waals surface area contributed by atoms with Crippen molar-refractivity contribution in [1.29, 1.82) is 0 Å². The van der Waals surface area contributed by atoms with Crippen LogP contribution in [0.1, 0.15) is 34.1 Å². The molecule has 180 valence electrons. The molecule has 5 rings (SSSR count). The Kier molecular flexibility index (Phi) is 6.30. The van der Waals surface area contributed by atoms with Gasteiger partial charge in [-0.1, -0.05) is 39.5 Å². The molecule has 1 saturated heterocycles. The summed E-state index contributed by atoms with van der Waals surface area (Å²) in [6.45, 7) is 0.961. The van der Waals surface area contributed by atoms with Crippen LogP contribution in [-0.2, 0) is 7.05 Å². The molecule has 1 aromatic carbocycles. The van der Waals surface area contributed by atoms with Gasteiger partial charge in [0.25, 0.3) is 5.91 Å². The van der Waals surface area contributed by atoms with Crippen LogP contribution in [0.15, 0.2) is 40.4 Å². The van der Waals surface area contributed by atoms with E-state index in [0.29, 0.717) is 53.1 Å². The molecule has 0 atom stereocenters. The van der Waals surface area contributed by atoms with Gasteiger partial charge in [0, 0.05) is 36.0 Å². The SMILES string of the molecule is Cn1ncc(C(=O)N2CCC(c3nc(-c4cc(-c5ccc(Cl)c(Cl)c5)no4)cs3)CC2)c1[N+](=O)[O-]. The fourth-order valence-corrected chi connectivity index (χ4v) is 5.35. The van der Waals surface area contributed by atoms with E-state index in [-0.39, 0.29) is 23.2 Å². The van der Waals surface area contributed by atoms with E-state index < -0.39 is 4.92 Å². The van der Waals surface area contributed by atoms with Gasteiger partial charge in [0.2, 0.25) is 0 Å². The second-order valence-corrected chi connectivity index (χ2v) is 9.81. The third-order valence-corrected chi connectivity index (χ3v) is 7.69. The first kappa shape index (κ1) is 23.5. The average Bonchev–Trinajstić information content (AvgIpc) is 3.60. The highest BCUT2D eigenvalue weighted by molar-refractivity contribution is 7.10. The summed E-state index contributed by atoms with van der Waals surface area (Å²) in [5, 5.41) is 23.1. The van der Waals surface area contributed by atoms with Crippen LogP contribution in [0.25, 0.3) is 22.7 Å². The topological polar surface area (TPSA) is 120 Å². The summed E-state index contributed by atoms with van der Waals surface area (Å²) in [6, 6.07) is 7.06. The van der Waals surface area contributed by atoms with Gasteiger partial charge in [-0.15, -0.1) is 16.0 Å². The van der Waals surface area contributed by atoms with Crippen LogP contribution in [0.4, 0.5) is 5.82 Å². The number of carbonyl (C=O) groups excluding carboxylic acids is 1. The Balaban J connectivity index is 1.25. The van der Waals surface area contributed by atoms with Crippen molar-refractivity contribution in [2.24, 2.45) is 7.05 Å². The Morgan fingerprint density at radius 2 is 1.97 bits per heavy atom. The molecule has 1 fully saturated rings. The van der Waals surface area contributed by atoms with Gasteiger partial charge in [-0.3, -0.25) is 4.79 Å². The summed E-state index contributed by atoms with van der Waals surface area (Å²) >= 11 is 13.6. The molecule has 0 bridgehead atoms. The minimum atomic E-state index is -0.583. The summed E-state index contributed by atoms with van der Waals surface area (Å²) in [4.78, 5) is 29.9. The number of thiazole rings is 1. The lowest BCUT2D eigenvalue weighted by atomic mass is 9.97. The second kappa shape index (κ2) is 9.40. The van der Waals surface area contributed by atoms with E-state index >= 15 is 0 Å². The molecule has 1 amide bonds. The van der Waals surface area contributed by atoms with E-state index in [1.165, 1.54) is 24.6 Å². The highest BCUT2D eigenvalue weighted by atomic mass is 35.5. The number of piperidine rings is 1. The lowest BCUT2D eigenvalue weighted by Gasteiger charge is -2.30. The number of hydrogen-bond donors (Lipinski definition) is 0. The van der Waals surface area contributed by atoms with Crippen molar-refractivity contribution in [2.75, 3.05) is 13.1 Å². The number of aromatic nitrogens is 4. The highest BCUT2D eigenvalue weighted by Gasteiger charge is 2.32. The zero-order valence-corrected chi connectivity index (χ0v) is 20.7. The zero-order valence-electron chi connectivity index (χ0n) is 18.4. The maximum Gasteiger partial charge on any atom is 0.357 e. The fourth-order valence-electron chi connectivity index (χ4n) is 4.07. The van der Waals surface area contributed by atoms with Gasteiger partial charge in [0.15, 0.2) is 11.3 Å². The molecule has 0 saturated carbocycles. The summed E-state index contributed by atoms with van der Waals surface area (Å²) in [5.41, 5.74) is 2.11. The molecule has 10 nitrogen and oxygen atoms in total. The van der Waals surface area contributed by atoms with Gasteiger partial charge in [0.05, 0.1) is 21.2 Å². The molecular weight excluding hydrogens is 515 g/mol. The van der Waals surface area contributed by atoms with Crippen molar-refractivity contribution >= 4 is 46.3 Å². The van der Waals surface area contributed by atoms with Crippen LogP contribution in [0.5, 0.6) is 0 Å². The maximum absolute atomic E-state index is 12.8. The summed E-state index contributed by atoms with van der Waals surface area (Å²) in [7, 11) is 1.45. The number of carbonyl (C=O) groups is 1. The van der Waals surface area contributed by atoms with E-state index in [4.69, 9.17) is 32.7 Å². The van der Waals surface area contributed by atoms with Crippen molar-refractivity contribution in [3.8, 4) is 22.7 Å². The van der Waals surface area contributed by atoms with Crippen LogP contribution in [0.3, 0.4) is 0 Å². The Hall–Kier alpha value is -3.28. The minimum absolute atomic E-state index is 0.00980. The number of likely N-dealkylation sites (tertiary alicyclic amines) is 1. The molecule has 0 spiro atoms. The Morgan fingerprint density at radius 3 is 2.69 bits per heavy atom. The van der Waals surface area contributed by atoms with E-state index in [2.05, 4.69) is 10.3 Å². The number of benzene rings is 1. The van der Waals surface area contributed by atoms with Crippen LogP contribution >= 0.6 is 34.5 Å². The lowest BCUT2D eigenvalue weighted by Crippen LogP contribution is -2.38. The van der Waals surface area contributed by atoms with Gasteiger partial charge in [-0.25, -0.2) is 4.98 Å². The van der Waals surface area contributed by atoms with Crippen LogP contribution < -0.4 is 0 Å². The number of halogens is 2. The standard InChI is InChI=1S/C22H18Cl2N6O4S/c1-28-21(30(32)33)14(10-25-28)22(31)29-6-4-12(5-7-29)20-26-18(11-35-20)19-9-17(27-34-19)13-2-3-15(23)16(24)8-13/h2-3,8-12H,4-7H2,1H3. The van der Waals surface area contributed by atoms with Gasteiger partial charge >= 0.3 is 5.82 Å². The molecule has 0 N–H and O–H groups in total. The largest absolute Gasteiger partial charge is 0.358 e. The molecule has 13 heteroatoms. The Morgan fingerprint density at radius 1 is 1.20 bits per heavy atom. The van der Waals surface area contributed by atoms with Crippen molar-refractivity contribution in [2.45, 2.75) is 18.8 Å². The van der Waals surface area contributed by atoms with Crippen molar-refractivity contribution < 1.29 is 14.2 Å². The second-order valence-electron chi connectivity index (χ2n) is 8.11. The first-order valence-electron chi connectivity index (χ1n) is 10.7. The normalized spacial score (nSPS) is 14.4. The van der Waals surface area contributed by atoms with Crippen LogP contribution in [0, 0.1) is 10.1 Å². The third kappa shape index (κ3) is 4.54. The smallest absolute Gasteiger partial charge is 0.357 e. The maximum atomic E-state index is 12.8. The van der Waals surface area contributed by atoms with Crippen molar-refractivity contribution in [3.63, 3.8) is 0 Å². The first-order chi connectivity index (χ1) is 16.8. The summed E-state index contributed by atoms with van der Waals surface area (Å²) in [5.74, 6) is 0.0535. The number of aryl methyl sites for hydroxylation is 1. The molecule has 1 aliphatic heterocycles. The lowest BCUT2D eigenvalue weighted by molar-refractivity contribution is -0.392. The predicted octanol–water partition coefficient (Wildman–Crippen LogP) is 5.43. The van der Waals surface area contributed by atoms with Crippen molar-refractivity contribution in [3.05, 3.63) is 66.6 Å². The van der Waals surface area contributed by atoms with E-state index in [1.54, 1.807) is 23.1 Å². The average molecular weight is 533 g/mol. The van der Waals surface area contributed by atoms with E-state index in [9.17, 15) is 14.9 Å². The molecule has 0 unspecified atom stereocenters. The quantitative estimate of drug-likeness (QED) is 0.248. The molecule has 0 aliphatic carbocycles. The summed E-state index contributed by atoms with van der Waals surface area (Å²) < 4.78 is 6.61. The molecule has 4 aromatic rings. The molecule has 4 heterocycles. The molecular formula is C22H18Cl2N6O4S. The monoisotopic (exact) mass is 532 g/mol. The number of nitro groups is 1. The van der Waals surface area contributed by atoms with Gasteiger partial charge in [0.1, 0.15) is 18.4 Å². The van der Waals surface area contributed by atoms with Gasteiger partial charge in [-0.2, -0.15) is 0 Å². The molecule has 1 aliphatic rings.